The van der Waals surface area contributed by atoms with Gasteiger partial charge in [-0.05, 0) is 41.5 Å². The molecule has 8 nitrogen and oxygen atoms in total. The van der Waals surface area contributed by atoms with E-state index in [4.69, 9.17) is 4.74 Å². The molecule has 0 atom stereocenters. The number of carbonyl (C=O) groups is 2. The van der Waals surface area contributed by atoms with E-state index in [0.717, 1.165) is 22.4 Å². The van der Waals surface area contributed by atoms with Crippen LogP contribution in [0.25, 0.3) is 11.1 Å². The summed E-state index contributed by atoms with van der Waals surface area (Å²) in [6, 6.07) is 18.4. The molecule has 0 bridgehead atoms. The molecule has 9 heteroatoms. The van der Waals surface area contributed by atoms with E-state index >= 15 is 0 Å². The summed E-state index contributed by atoms with van der Waals surface area (Å²) in [5.41, 5.74) is 3.92. The van der Waals surface area contributed by atoms with Gasteiger partial charge in [0.05, 0.1) is 42.6 Å². The number of amides is 3. The Kier molecular flexibility index (Phi) is 7.53. The Morgan fingerprint density at radius 3 is 2.42 bits per heavy atom. The SMILES string of the molecule is O=C(c1ccc(CN(C(=O)N2CCOCC2)c2cccc(-c3cccnc3)c2)cc1)N(O)I. The number of rotatable bonds is 5. The quantitative estimate of drug-likeness (QED) is 0.217. The predicted molar refractivity (Wildman–Crippen MR) is 132 cm³/mol. The predicted octanol–water partition coefficient (Wildman–Crippen LogP) is 4.39. The highest BCUT2D eigenvalue weighted by molar-refractivity contribution is 14.1. The Morgan fingerprint density at radius 1 is 1.03 bits per heavy atom. The third-order valence-electron chi connectivity index (χ3n) is 5.37. The molecule has 1 aliphatic rings. The summed E-state index contributed by atoms with van der Waals surface area (Å²) in [7, 11) is 0. The van der Waals surface area contributed by atoms with E-state index in [-0.39, 0.29) is 6.03 Å². The van der Waals surface area contributed by atoms with Crippen LogP contribution in [0, 0.1) is 0 Å². The molecule has 0 aliphatic carbocycles. The first-order valence-corrected chi connectivity index (χ1v) is 11.4. The fraction of sp³-hybridized carbons (Fsp3) is 0.208. The van der Waals surface area contributed by atoms with Gasteiger partial charge in [0.1, 0.15) is 0 Å². The topological polar surface area (TPSA) is 86.2 Å². The maximum Gasteiger partial charge on any atom is 0.324 e. The van der Waals surface area contributed by atoms with Crippen LogP contribution in [0.3, 0.4) is 0 Å². The molecule has 1 aromatic heterocycles. The first-order chi connectivity index (χ1) is 16.0. The summed E-state index contributed by atoms with van der Waals surface area (Å²) < 4.78 is 5.93. The minimum Gasteiger partial charge on any atom is -0.378 e. The maximum absolute atomic E-state index is 13.5. The van der Waals surface area contributed by atoms with Gasteiger partial charge in [-0.15, -0.1) is 0 Å². The van der Waals surface area contributed by atoms with Gasteiger partial charge in [-0.1, -0.05) is 30.3 Å². The highest BCUT2D eigenvalue weighted by Gasteiger charge is 2.25. The first kappa shape index (κ1) is 23.1. The average molecular weight is 558 g/mol. The van der Waals surface area contributed by atoms with E-state index in [0.29, 0.717) is 41.7 Å². The summed E-state index contributed by atoms with van der Waals surface area (Å²) in [6.07, 6.45) is 3.52. The second-order valence-electron chi connectivity index (χ2n) is 7.52. The van der Waals surface area contributed by atoms with Gasteiger partial charge in [-0.25, -0.2) is 4.79 Å². The minimum absolute atomic E-state index is 0.101. The molecule has 0 saturated carbocycles. The van der Waals surface area contributed by atoms with E-state index in [2.05, 4.69) is 4.98 Å². The minimum atomic E-state index is -0.507. The molecule has 2 aromatic carbocycles. The third-order valence-corrected chi connectivity index (χ3v) is 5.81. The molecule has 3 amide bonds. The number of ether oxygens (including phenoxy) is 1. The second kappa shape index (κ2) is 10.7. The molecule has 1 saturated heterocycles. The summed E-state index contributed by atoms with van der Waals surface area (Å²) in [6.45, 7) is 2.43. The van der Waals surface area contributed by atoms with Gasteiger partial charge in [0, 0.05) is 42.3 Å². The van der Waals surface area contributed by atoms with E-state index in [1.54, 1.807) is 46.5 Å². The Balaban J connectivity index is 1.64. The number of hydrogen-bond acceptors (Lipinski definition) is 5. The lowest BCUT2D eigenvalue weighted by Crippen LogP contribution is -2.48. The van der Waals surface area contributed by atoms with Crippen molar-refractivity contribution in [3.63, 3.8) is 0 Å². The molecule has 0 spiro atoms. The van der Waals surface area contributed by atoms with Gasteiger partial charge >= 0.3 is 6.03 Å². The van der Waals surface area contributed by atoms with Gasteiger partial charge in [-0.3, -0.25) is 19.9 Å². The van der Waals surface area contributed by atoms with Crippen molar-refractivity contribution >= 4 is 40.5 Å². The summed E-state index contributed by atoms with van der Waals surface area (Å²) >= 11 is 1.52. The van der Waals surface area contributed by atoms with Crippen LogP contribution in [0.2, 0.25) is 0 Å². The highest BCUT2D eigenvalue weighted by atomic mass is 127. The second-order valence-corrected chi connectivity index (χ2v) is 8.44. The normalized spacial score (nSPS) is 13.5. The van der Waals surface area contributed by atoms with Crippen molar-refractivity contribution in [3.8, 4) is 11.1 Å². The number of urea groups is 1. The fourth-order valence-corrected chi connectivity index (χ4v) is 3.90. The van der Waals surface area contributed by atoms with Gasteiger partial charge in [0.25, 0.3) is 5.91 Å². The smallest absolute Gasteiger partial charge is 0.324 e. The van der Waals surface area contributed by atoms with E-state index in [1.165, 1.54) is 22.9 Å². The molecule has 33 heavy (non-hydrogen) atoms. The van der Waals surface area contributed by atoms with E-state index in [9.17, 15) is 14.8 Å². The van der Waals surface area contributed by atoms with Gasteiger partial charge in [-0.2, -0.15) is 3.28 Å². The Morgan fingerprint density at radius 2 is 1.76 bits per heavy atom. The molecule has 0 unspecified atom stereocenters. The Labute approximate surface area is 205 Å². The number of benzene rings is 2. The molecule has 3 aromatic rings. The molecule has 2 heterocycles. The lowest BCUT2D eigenvalue weighted by molar-refractivity contribution is 0.0280. The van der Waals surface area contributed by atoms with E-state index < -0.39 is 5.91 Å². The average Bonchev–Trinajstić information content (AvgIpc) is 2.88. The van der Waals surface area contributed by atoms with Crippen LogP contribution in [-0.2, 0) is 11.3 Å². The zero-order valence-electron chi connectivity index (χ0n) is 17.8. The van der Waals surface area contributed by atoms with Crippen LogP contribution in [-0.4, -0.2) is 56.6 Å². The molecule has 1 fully saturated rings. The molecule has 1 aliphatic heterocycles. The van der Waals surface area contributed by atoms with Gasteiger partial charge < -0.3 is 9.64 Å². The van der Waals surface area contributed by atoms with Crippen LogP contribution in [0.15, 0.2) is 73.1 Å². The van der Waals surface area contributed by atoms with Crippen LogP contribution >= 0.6 is 22.9 Å². The number of pyridine rings is 1. The summed E-state index contributed by atoms with van der Waals surface area (Å²) in [4.78, 5) is 33.2. The van der Waals surface area contributed by atoms with Crippen molar-refractivity contribution in [1.29, 1.82) is 0 Å². The number of carbonyl (C=O) groups excluding carboxylic acids is 2. The first-order valence-electron chi connectivity index (χ1n) is 10.5. The molecular weight excluding hydrogens is 535 g/mol. The van der Waals surface area contributed by atoms with Crippen molar-refractivity contribution in [1.82, 2.24) is 13.2 Å². The Hall–Kier alpha value is -3.02. The number of halogens is 1. The monoisotopic (exact) mass is 558 g/mol. The van der Waals surface area contributed by atoms with Crippen molar-refractivity contribution < 1.29 is 19.5 Å². The number of aromatic nitrogens is 1. The molecule has 1 N–H and O–H groups in total. The van der Waals surface area contributed by atoms with Gasteiger partial charge in [0.15, 0.2) is 0 Å². The maximum atomic E-state index is 13.5. The van der Waals surface area contributed by atoms with Crippen LogP contribution in [0.5, 0.6) is 0 Å². The van der Waals surface area contributed by atoms with E-state index in [1.807, 2.05) is 36.4 Å². The summed E-state index contributed by atoms with van der Waals surface area (Å²) in [5, 5.41) is 9.37. The standard InChI is InChI=1S/C24H23IN4O4/c25-29(32)23(30)19-8-6-18(7-9-19)17-28(24(31)27-11-13-33-14-12-27)22-5-1-3-20(15-22)21-4-2-10-26-16-21/h1-10,15-16,32H,11-14,17H2. The number of nitrogens with zero attached hydrogens (tertiary/aromatic N) is 4. The van der Waals surface area contributed by atoms with Crippen molar-refractivity contribution in [2.75, 3.05) is 31.2 Å². The fourth-order valence-electron chi connectivity index (χ4n) is 3.62. The lowest BCUT2D eigenvalue weighted by atomic mass is 10.1. The highest BCUT2D eigenvalue weighted by Crippen LogP contribution is 2.27. The third kappa shape index (κ3) is 5.67. The van der Waals surface area contributed by atoms with Crippen LogP contribution < -0.4 is 4.90 Å². The molecular formula is C24H23IN4O4. The summed E-state index contributed by atoms with van der Waals surface area (Å²) in [5.74, 6) is -0.507. The lowest BCUT2D eigenvalue weighted by Gasteiger charge is -2.33. The molecule has 0 radical (unpaired) electrons. The Bertz CT molecular complexity index is 1100. The van der Waals surface area contributed by atoms with Crippen molar-refractivity contribution in [2.45, 2.75) is 6.54 Å². The molecule has 170 valence electrons. The van der Waals surface area contributed by atoms with Crippen molar-refractivity contribution in [2.24, 2.45) is 0 Å². The van der Waals surface area contributed by atoms with Crippen LogP contribution in [0.4, 0.5) is 10.5 Å². The van der Waals surface area contributed by atoms with Crippen LogP contribution in [0.1, 0.15) is 15.9 Å². The zero-order valence-corrected chi connectivity index (χ0v) is 20.0. The number of morpholine rings is 1. The largest absolute Gasteiger partial charge is 0.378 e. The van der Waals surface area contributed by atoms with Gasteiger partial charge in [0.2, 0.25) is 0 Å². The number of hydrogen-bond donors (Lipinski definition) is 1. The molecule has 4 rings (SSSR count). The number of hydroxylamine groups is 1. The van der Waals surface area contributed by atoms with Crippen molar-refractivity contribution in [3.05, 3.63) is 84.2 Å². The zero-order chi connectivity index (χ0) is 23.2. The number of anilines is 1.